The summed E-state index contributed by atoms with van der Waals surface area (Å²) in [5.41, 5.74) is 1.89. The molecule has 1 aromatic carbocycles. The number of fused-ring (bicyclic) bond motifs is 1. The third-order valence-electron chi connectivity index (χ3n) is 4.99. The highest BCUT2D eigenvalue weighted by molar-refractivity contribution is 7.07. The first-order valence-corrected chi connectivity index (χ1v) is 10.6. The van der Waals surface area contributed by atoms with Crippen LogP contribution in [0.2, 0.25) is 0 Å². The number of para-hydroxylation sites is 1. The van der Waals surface area contributed by atoms with E-state index in [2.05, 4.69) is 46.0 Å². The Hall–Kier alpha value is -2.51. The lowest BCUT2D eigenvalue weighted by molar-refractivity contribution is -0.121. The summed E-state index contributed by atoms with van der Waals surface area (Å²) in [6.45, 7) is 7.15. The zero-order valence-electron chi connectivity index (χ0n) is 16.3. The second-order valence-electron chi connectivity index (χ2n) is 6.60. The highest BCUT2D eigenvalue weighted by Gasteiger charge is 2.19. The van der Waals surface area contributed by atoms with E-state index in [9.17, 15) is 9.59 Å². The molecule has 3 rings (SSSR count). The quantitative estimate of drug-likeness (QED) is 0.602. The van der Waals surface area contributed by atoms with Crippen LogP contribution in [-0.2, 0) is 11.3 Å². The molecule has 1 atom stereocenters. The predicted molar refractivity (Wildman–Crippen MR) is 114 cm³/mol. The second-order valence-corrected chi connectivity index (χ2v) is 7.38. The van der Waals surface area contributed by atoms with E-state index in [0.29, 0.717) is 24.9 Å². The summed E-state index contributed by atoms with van der Waals surface area (Å²) < 4.78 is 1.72. The van der Waals surface area contributed by atoms with Crippen molar-refractivity contribution in [1.82, 2.24) is 20.0 Å². The molecule has 0 aliphatic carbocycles. The van der Waals surface area contributed by atoms with Crippen molar-refractivity contribution in [3.63, 3.8) is 0 Å². The van der Waals surface area contributed by atoms with Crippen LogP contribution in [0.25, 0.3) is 10.9 Å². The molecule has 0 aliphatic rings. The van der Waals surface area contributed by atoms with Gasteiger partial charge < -0.3 is 5.32 Å². The lowest BCUT2D eigenvalue weighted by atomic mass is 10.1. The summed E-state index contributed by atoms with van der Waals surface area (Å²) in [7, 11) is 0. The monoisotopic (exact) mass is 398 g/mol. The van der Waals surface area contributed by atoms with Gasteiger partial charge in [-0.25, -0.2) is 0 Å². The third-order valence-corrected chi connectivity index (χ3v) is 5.69. The zero-order chi connectivity index (χ0) is 19.9. The Kier molecular flexibility index (Phi) is 6.95. The number of carbonyl (C=O) groups excluding carboxylic acids is 1. The fourth-order valence-corrected chi connectivity index (χ4v) is 4.14. The summed E-state index contributed by atoms with van der Waals surface area (Å²) in [5.74, 6) is -0.0167. The minimum atomic E-state index is -0.103. The van der Waals surface area contributed by atoms with Crippen molar-refractivity contribution >= 4 is 28.1 Å². The minimum absolute atomic E-state index is 0.0167. The molecule has 28 heavy (non-hydrogen) atoms. The van der Waals surface area contributed by atoms with Crippen LogP contribution in [0.1, 0.15) is 31.9 Å². The maximum Gasteiger partial charge on any atom is 0.221 e. The number of rotatable bonds is 9. The lowest BCUT2D eigenvalue weighted by Crippen LogP contribution is -2.38. The molecule has 6 nitrogen and oxygen atoms in total. The maximum atomic E-state index is 12.5. The molecule has 2 heterocycles. The molecule has 0 fully saturated rings. The Labute approximate surface area is 168 Å². The van der Waals surface area contributed by atoms with Crippen molar-refractivity contribution in [2.75, 3.05) is 19.6 Å². The van der Waals surface area contributed by atoms with Gasteiger partial charge in [-0.1, -0.05) is 26.0 Å². The summed E-state index contributed by atoms with van der Waals surface area (Å²) in [5, 5.41) is 12.1. The van der Waals surface area contributed by atoms with Crippen molar-refractivity contribution in [3.05, 3.63) is 63.1 Å². The van der Waals surface area contributed by atoms with Crippen LogP contribution in [0.3, 0.4) is 0 Å². The Morgan fingerprint density at radius 2 is 2.04 bits per heavy atom. The number of nitrogens with zero attached hydrogens (tertiary/aromatic N) is 3. The van der Waals surface area contributed by atoms with Crippen LogP contribution < -0.4 is 10.7 Å². The van der Waals surface area contributed by atoms with Crippen LogP contribution in [0.5, 0.6) is 0 Å². The van der Waals surface area contributed by atoms with E-state index in [1.807, 2.05) is 18.2 Å². The largest absolute Gasteiger partial charge is 0.354 e. The van der Waals surface area contributed by atoms with E-state index in [0.717, 1.165) is 18.6 Å². The van der Waals surface area contributed by atoms with Crippen LogP contribution in [0.15, 0.2) is 52.1 Å². The number of hydrogen-bond acceptors (Lipinski definition) is 5. The van der Waals surface area contributed by atoms with Crippen molar-refractivity contribution < 1.29 is 4.79 Å². The van der Waals surface area contributed by atoms with E-state index in [4.69, 9.17) is 0 Å². The second kappa shape index (κ2) is 9.61. The van der Waals surface area contributed by atoms with Crippen LogP contribution in [-0.4, -0.2) is 40.2 Å². The average molecular weight is 399 g/mol. The van der Waals surface area contributed by atoms with Gasteiger partial charge in [0, 0.05) is 18.4 Å². The summed E-state index contributed by atoms with van der Waals surface area (Å²) >= 11 is 1.67. The number of benzene rings is 1. The molecule has 1 N–H and O–H groups in total. The van der Waals surface area contributed by atoms with E-state index in [1.165, 1.54) is 11.8 Å². The predicted octanol–water partition coefficient (Wildman–Crippen LogP) is 3.05. The number of likely N-dealkylation sites (N-methyl/N-ethyl adjacent to an activating group) is 1. The molecular weight excluding hydrogens is 372 g/mol. The molecule has 7 heteroatoms. The van der Waals surface area contributed by atoms with Gasteiger partial charge in [-0.15, -0.1) is 0 Å². The molecule has 0 saturated carbocycles. The van der Waals surface area contributed by atoms with E-state index < -0.39 is 0 Å². The molecule has 148 valence electrons. The molecule has 1 unspecified atom stereocenters. The third kappa shape index (κ3) is 4.66. The molecule has 0 spiro atoms. The molecule has 1 amide bonds. The van der Waals surface area contributed by atoms with E-state index in [-0.39, 0.29) is 17.4 Å². The molecule has 2 aromatic heterocycles. The Morgan fingerprint density at radius 1 is 1.25 bits per heavy atom. The topological polar surface area (TPSA) is 67.2 Å². The fourth-order valence-electron chi connectivity index (χ4n) is 3.43. The summed E-state index contributed by atoms with van der Waals surface area (Å²) in [6.07, 6.45) is 1.63. The highest BCUT2D eigenvalue weighted by atomic mass is 32.1. The first-order valence-electron chi connectivity index (χ1n) is 9.61. The van der Waals surface area contributed by atoms with Gasteiger partial charge in [0.15, 0.2) is 0 Å². The Bertz CT molecular complexity index is 964. The molecule has 3 aromatic rings. The van der Waals surface area contributed by atoms with Gasteiger partial charge in [0.1, 0.15) is 0 Å². The van der Waals surface area contributed by atoms with Gasteiger partial charge in [0.25, 0.3) is 0 Å². The number of carbonyl (C=O) groups is 1. The van der Waals surface area contributed by atoms with Crippen molar-refractivity contribution in [3.8, 4) is 0 Å². The van der Waals surface area contributed by atoms with Crippen LogP contribution >= 0.6 is 11.3 Å². The zero-order valence-corrected chi connectivity index (χ0v) is 17.1. The van der Waals surface area contributed by atoms with Crippen molar-refractivity contribution in [2.24, 2.45) is 0 Å². The van der Waals surface area contributed by atoms with E-state index >= 15 is 0 Å². The standard InChI is InChI=1S/C21H26N4O2S/c1-3-24(4-2)19(16-10-12-28-15-16)13-22-21(27)9-11-25-18-8-6-5-7-17(18)20(26)14-23-25/h5-8,10,12,14-15,19H,3-4,9,11,13H2,1-2H3,(H,22,27). The number of nitrogens with one attached hydrogen (secondary N) is 1. The van der Waals surface area contributed by atoms with Gasteiger partial charge in [-0.05, 0) is 47.6 Å². The van der Waals surface area contributed by atoms with Gasteiger partial charge in [-0.3, -0.25) is 19.2 Å². The Balaban J connectivity index is 1.63. The molecule has 0 aliphatic heterocycles. The van der Waals surface area contributed by atoms with E-state index in [1.54, 1.807) is 22.1 Å². The van der Waals surface area contributed by atoms with Crippen LogP contribution in [0.4, 0.5) is 0 Å². The first-order chi connectivity index (χ1) is 13.6. The fraction of sp³-hybridized carbons (Fsp3) is 0.381. The van der Waals surface area contributed by atoms with Crippen molar-refractivity contribution in [2.45, 2.75) is 32.9 Å². The summed E-state index contributed by atoms with van der Waals surface area (Å²) in [4.78, 5) is 26.7. The minimum Gasteiger partial charge on any atom is -0.354 e. The normalized spacial score (nSPS) is 12.4. The highest BCUT2D eigenvalue weighted by Crippen LogP contribution is 2.22. The van der Waals surface area contributed by atoms with Gasteiger partial charge in [-0.2, -0.15) is 16.4 Å². The number of thiophene rings is 1. The average Bonchev–Trinajstić information content (AvgIpc) is 3.25. The maximum absolute atomic E-state index is 12.5. The van der Waals surface area contributed by atoms with Gasteiger partial charge >= 0.3 is 0 Å². The molecule has 0 radical (unpaired) electrons. The molecule has 0 saturated heterocycles. The van der Waals surface area contributed by atoms with Crippen molar-refractivity contribution in [1.29, 1.82) is 0 Å². The van der Waals surface area contributed by atoms with Crippen LogP contribution in [0, 0.1) is 0 Å². The molecule has 0 bridgehead atoms. The van der Waals surface area contributed by atoms with Gasteiger partial charge in [0.05, 0.1) is 24.3 Å². The smallest absolute Gasteiger partial charge is 0.221 e. The Morgan fingerprint density at radius 3 is 2.75 bits per heavy atom. The first kappa shape index (κ1) is 20.2. The number of hydrogen-bond donors (Lipinski definition) is 1. The SMILES string of the molecule is CCN(CC)C(CNC(=O)CCn1ncc(=O)c2ccccc21)c1ccsc1. The number of amides is 1. The summed E-state index contributed by atoms with van der Waals surface area (Å²) in [6, 6.07) is 9.64. The number of aromatic nitrogens is 2. The molecular formula is C21H26N4O2S. The van der Waals surface area contributed by atoms with Gasteiger partial charge in [0.2, 0.25) is 11.3 Å². The lowest BCUT2D eigenvalue weighted by Gasteiger charge is -2.29. The number of aryl methyl sites for hydroxylation is 1.